The number of benzene rings is 1. The number of fused-ring (bicyclic) bond motifs is 1. The maximum atomic E-state index is 12.7. The largest absolute Gasteiger partial charge is 0.373 e. The van der Waals surface area contributed by atoms with Gasteiger partial charge in [0.15, 0.2) is 5.82 Å². The van der Waals surface area contributed by atoms with Crippen molar-refractivity contribution in [3.8, 4) is 0 Å². The minimum absolute atomic E-state index is 0.0393. The first-order chi connectivity index (χ1) is 14.1. The van der Waals surface area contributed by atoms with E-state index in [4.69, 9.17) is 9.26 Å². The maximum absolute atomic E-state index is 12.7. The molecule has 0 amide bonds. The zero-order chi connectivity index (χ0) is 20.0. The molecule has 2 atom stereocenters. The van der Waals surface area contributed by atoms with Gasteiger partial charge in [0.2, 0.25) is 5.89 Å². The van der Waals surface area contributed by atoms with Crippen molar-refractivity contribution in [3.05, 3.63) is 76.1 Å². The van der Waals surface area contributed by atoms with Gasteiger partial charge in [0.05, 0.1) is 24.6 Å². The summed E-state index contributed by atoms with van der Waals surface area (Å²) in [4.78, 5) is 21.4. The minimum Gasteiger partial charge on any atom is -0.373 e. The van der Waals surface area contributed by atoms with Crippen LogP contribution in [-0.2, 0) is 18.3 Å². The number of hydrogen-bond donors (Lipinski definition) is 0. The second-order valence-corrected chi connectivity index (χ2v) is 7.55. The van der Waals surface area contributed by atoms with Gasteiger partial charge in [-0.05, 0) is 25.0 Å². The van der Waals surface area contributed by atoms with Crippen LogP contribution in [0.4, 0.5) is 0 Å². The Morgan fingerprint density at radius 2 is 2.03 bits per heavy atom. The number of ether oxygens (including phenoxy) is 1. The molecule has 0 spiro atoms. The topological polar surface area (TPSA) is 88.0 Å². The van der Waals surface area contributed by atoms with E-state index >= 15 is 0 Å². The predicted octanol–water partition coefficient (Wildman–Crippen LogP) is 2.72. The van der Waals surface area contributed by atoms with Crippen molar-refractivity contribution in [3.63, 3.8) is 0 Å². The lowest BCUT2D eigenvalue weighted by Gasteiger charge is -2.09. The molecule has 0 aliphatic carbocycles. The van der Waals surface area contributed by atoms with Crippen LogP contribution in [0.25, 0.3) is 11.0 Å². The zero-order valence-corrected chi connectivity index (χ0v) is 16.3. The van der Waals surface area contributed by atoms with E-state index in [1.54, 1.807) is 28.7 Å². The molecule has 1 aliphatic rings. The van der Waals surface area contributed by atoms with Crippen molar-refractivity contribution in [2.45, 2.75) is 31.9 Å². The number of pyridine rings is 1. The Labute approximate surface area is 166 Å². The van der Waals surface area contributed by atoms with Crippen LogP contribution in [0.15, 0.2) is 52.2 Å². The molecule has 0 radical (unpaired) electrons. The molecule has 8 nitrogen and oxygen atoms in total. The summed E-state index contributed by atoms with van der Waals surface area (Å²) < 4.78 is 14.6. The van der Waals surface area contributed by atoms with Gasteiger partial charge in [0.25, 0.3) is 5.56 Å². The fraction of sp³-hybridized carbons (Fsp3) is 0.333. The number of hydrogen-bond acceptors (Lipinski definition) is 6. The molecule has 8 heteroatoms. The minimum atomic E-state index is -0.133. The summed E-state index contributed by atoms with van der Waals surface area (Å²) in [6, 6.07) is 10.2. The molecule has 1 aliphatic heterocycles. The molecule has 4 aromatic rings. The van der Waals surface area contributed by atoms with Crippen LogP contribution in [0.1, 0.15) is 41.3 Å². The summed E-state index contributed by atoms with van der Waals surface area (Å²) in [5.74, 6) is 1.11. The van der Waals surface area contributed by atoms with E-state index in [1.165, 1.54) is 5.56 Å². The molecular formula is C21H21N5O3. The van der Waals surface area contributed by atoms with Gasteiger partial charge in [-0.2, -0.15) is 4.98 Å². The molecule has 1 aromatic carbocycles. The monoisotopic (exact) mass is 391 g/mol. The molecule has 29 heavy (non-hydrogen) atoms. The van der Waals surface area contributed by atoms with Crippen LogP contribution in [0.3, 0.4) is 0 Å². The Balaban J connectivity index is 1.32. The summed E-state index contributed by atoms with van der Waals surface area (Å²) >= 11 is 0. The Bertz CT molecular complexity index is 1220. The summed E-state index contributed by atoms with van der Waals surface area (Å²) in [6.45, 7) is 2.85. The molecule has 148 valence electrons. The average molecular weight is 391 g/mol. The summed E-state index contributed by atoms with van der Waals surface area (Å²) in [5.41, 5.74) is 3.48. The third kappa shape index (κ3) is 3.25. The highest BCUT2D eigenvalue weighted by Crippen LogP contribution is 2.37. The average Bonchev–Trinajstić information content (AvgIpc) is 3.45. The maximum Gasteiger partial charge on any atom is 0.277 e. The summed E-state index contributed by atoms with van der Waals surface area (Å²) in [7, 11) is 1.80. The van der Waals surface area contributed by atoms with E-state index in [2.05, 4.69) is 46.3 Å². The second kappa shape index (κ2) is 6.97. The van der Waals surface area contributed by atoms with Crippen LogP contribution in [0, 0.1) is 6.92 Å². The van der Waals surface area contributed by atoms with Crippen LogP contribution in [0.5, 0.6) is 0 Å². The molecule has 3 aromatic heterocycles. The predicted molar refractivity (Wildman–Crippen MR) is 106 cm³/mol. The first kappa shape index (κ1) is 17.8. The summed E-state index contributed by atoms with van der Waals surface area (Å²) in [5, 5.41) is 4.14. The normalized spacial score (nSPS) is 19.2. The van der Waals surface area contributed by atoms with E-state index in [0.29, 0.717) is 29.4 Å². The Hall–Kier alpha value is -3.26. The standard InChI is InChI=1S/C21H21N5O3/c1-13-3-5-14(6-4-13)17-9-15(11-28-17)20-23-18(29-24-20)10-26-8-7-16-19(21(26)27)25(2)12-22-16/h3-8,12,15,17H,9-11H2,1-2H3/t15-,17+/m0/s1. The van der Waals surface area contributed by atoms with Crippen LogP contribution in [0.2, 0.25) is 0 Å². The van der Waals surface area contributed by atoms with E-state index in [0.717, 1.165) is 12.0 Å². The highest BCUT2D eigenvalue weighted by molar-refractivity contribution is 5.73. The molecule has 0 bridgehead atoms. The summed E-state index contributed by atoms with van der Waals surface area (Å²) in [6.07, 6.45) is 4.18. The van der Waals surface area contributed by atoms with Gasteiger partial charge in [-0.1, -0.05) is 35.0 Å². The third-order valence-corrected chi connectivity index (χ3v) is 5.44. The Kier molecular flexibility index (Phi) is 4.28. The van der Waals surface area contributed by atoms with Crippen molar-refractivity contribution in [1.29, 1.82) is 0 Å². The SMILES string of the molecule is Cc1ccc([C@H]2C[C@H](c3noc(Cn4ccc5ncn(C)c5c4=O)n3)CO2)cc1. The third-order valence-electron chi connectivity index (χ3n) is 5.44. The zero-order valence-electron chi connectivity index (χ0n) is 16.3. The number of imidazole rings is 1. The molecule has 0 saturated carbocycles. The molecule has 5 rings (SSSR count). The van der Waals surface area contributed by atoms with Crippen LogP contribution >= 0.6 is 0 Å². The lowest BCUT2D eigenvalue weighted by atomic mass is 9.99. The molecule has 4 heterocycles. The fourth-order valence-corrected chi connectivity index (χ4v) is 3.78. The van der Waals surface area contributed by atoms with Gasteiger partial charge in [0, 0.05) is 19.2 Å². The number of rotatable bonds is 4. The lowest BCUT2D eigenvalue weighted by Crippen LogP contribution is -2.21. The number of aromatic nitrogens is 5. The van der Waals surface area contributed by atoms with Crippen molar-refractivity contribution in [2.24, 2.45) is 7.05 Å². The Morgan fingerprint density at radius 1 is 1.21 bits per heavy atom. The van der Waals surface area contributed by atoms with E-state index < -0.39 is 0 Å². The van der Waals surface area contributed by atoms with Gasteiger partial charge in [-0.3, -0.25) is 4.79 Å². The quantitative estimate of drug-likeness (QED) is 0.532. The van der Waals surface area contributed by atoms with Crippen LogP contribution in [-0.4, -0.2) is 30.9 Å². The van der Waals surface area contributed by atoms with Gasteiger partial charge < -0.3 is 18.4 Å². The van der Waals surface area contributed by atoms with Crippen molar-refractivity contribution in [1.82, 2.24) is 24.3 Å². The van der Waals surface area contributed by atoms with Crippen molar-refractivity contribution >= 4 is 11.0 Å². The first-order valence-corrected chi connectivity index (χ1v) is 9.59. The van der Waals surface area contributed by atoms with E-state index in [-0.39, 0.29) is 24.1 Å². The number of nitrogens with zero attached hydrogens (tertiary/aromatic N) is 5. The van der Waals surface area contributed by atoms with Gasteiger partial charge >= 0.3 is 0 Å². The number of aryl methyl sites for hydroxylation is 2. The van der Waals surface area contributed by atoms with Gasteiger partial charge in [0.1, 0.15) is 12.1 Å². The lowest BCUT2D eigenvalue weighted by molar-refractivity contribution is 0.110. The second-order valence-electron chi connectivity index (χ2n) is 7.55. The van der Waals surface area contributed by atoms with Gasteiger partial charge in [-0.15, -0.1) is 0 Å². The fourth-order valence-electron chi connectivity index (χ4n) is 3.78. The smallest absolute Gasteiger partial charge is 0.277 e. The van der Waals surface area contributed by atoms with E-state index in [1.807, 2.05) is 6.07 Å². The van der Waals surface area contributed by atoms with Crippen molar-refractivity contribution in [2.75, 3.05) is 6.61 Å². The first-order valence-electron chi connectivity index (χ1n) is 9.59. The molecule has 1 saturated heterocycles. The molecule has 1 fully saturated rings. The molecular weight excluding hydrogens is 370 g/mol. The Morgan fingerprint density at radius 3 is 2.86 bits per heavy atom. The highest BCUT2D eigenvalue weighted by atomic mass is 16.5. The van der Waals surface area contributed by atoms with Crippen LogP contribution < -0.4 is 5.56 Å². The van der Waals surface area contributed by atoms with E-state index in [9.17, 15) is 4.79 Å². The molecule has 0 unspecified atom stereocenters. The highest BCUT2D eigenvalue weighted by Gasteiger charge is 2.31. The van der Waals surface area contributed by atoms with Gasteiger partial charge in [-0.25, -0.2) is 4.98 Å². The van der Waals surface area contributed by atoms with Crippen molar-refractivity contribution < 1.29 is 9.26 Å². The molecule has 0 N–H and O–H groups in total.